The Morgan fingerprint density at radius 3 is 2.25 bits per heavy atom. The van der Waals surface area contributed by atoms with Gasteiger partial charge in [0.1, 0.15) is 11.6 Å². The summed E-state index contributed by atoms with van der Waals surface area (Å²) in [5, 5.41) is 3.14. The monoisotopic (exact) mass is 403 g/mol. The molecule has 0 spiro atoms. The molecule has 0 amide bonds. The highest BCUT2D eigenvalue weighted by atomic mass is 79.9. The van der Waals surface area contributed by atoms with Crippen molar-refractivity contribution >= 4 is 31.9 Å². The van der Waals surface area contributed by atoms with Crippen LogP contribution >= 0.6 is 31.9 Å². The van der Waals surface area contributed by atoms with Crippen LogP contribution in [0.2, 0.25) is 0 Å². The SMILES string of the molecule is CNC(Cc1cccc(F)c1Br)c1cccc(F)c1Br. The molecular formula is C15H13Br2F2N. The van der Waals surface area contributed by atoms with Gasteiger partial charge in [-0.2, -0.15) is 0 Å². The summed E-state index contributed by atoms with van der Waals surface area (Å²) in [4.78, 5) is 0. The van der Waals surface area contributed by atoms with Crippen molar-refractivity contribution in [2.75, 3.05) is 7.05 Å². The Morgan fingerprint density at radius 2 is 1.60 bits per heavy atom. The number of likely N-dealkylation sites (N-methyl/N-ethyl adjacent to an activating group) is 1. The van der Waals surface area contributed by atoms with Crippen molar-refractivity contribution in [3.63, 3.8) is 0 Å². The molecule has 2 aromatic rings. The lowest BCUT2D eigenvalue weighted by Gasteiger charge is -2.19. The second-order valence-corrected chi connectivity index (χ2v) is 5.99. The average molecular weight is 405 g/mol. The van der Waals surface area contributed by atoms with Crippen molar-refractivity contribution in [2.24, 2.45) is 0 Å². The van der Waals surface area contributed by atoms with Gasteiger partial charge in [-0.15, -0.1) is 0 Å². The van der Waals surface area contributed by atoms with Gasteiger partial charge in [-0.3, -0.25) is 0 Å². The van der Waals surface area contributed by atoms with E-state index in [0.717, 1.165) is 11.1 Å². The first-order chi connectivity index (χ1) is 9.54. The van der Waals surface area contributed by atoms with Gasteiger partial charge in [0, 0.05) is 6.04 Å². The summed E-state index contributed by atoms with van der Waals surface area (Å²) in [7, 11) is 1.80. The fourth-order valence-electron chi connectivity index (χ4n) is 2.08. The summed E-state index contributed by atoms with van der Waals surface area (Å²) in [6.45, 7) is 0. The Bertz CT molecular complexity index is 617. The van der Waals surface area contributed by atoms with Gasteiger partial charge < -0.3 is 5.32 Å². The summed E-state index contributed by atoms with van der Waals surface area (Å²) in [6, 6.07) is 9.73. The van der Waals surface area contributed by atoms with Crippen LogP contribution in [0.1, 0.15) is 17.2 Å². The molecule has 106 valence electrons. The quantitative estimate of drug-likeness (QED) is 0.756. The maximum absolute atomic E-state index is 13.6. The molecule has 0 radical (unpaired) electrons. The predicted octanol–water partition coefficient (Wildman–Crippen LogP) is 4.99. The molecule has 0 aromatic heterocycles. The van der Waals surface area contributed by atoms with E-state index in [0.29, 0.717) is 15.4 Å². The number of hydrogen-bond acceptors (Lipinski definition) is 1. The minimum Gasteiger partial charge on any atom is -0.313 e. The maximum Gasteiger partial charge on any atom is 0.137 e. The first-order valence-electron chi connectivity index (χ1n) is 6.08. The van der Waals surface area contributed by atoms with Crippen LogP contribution in [0.25, 0.3) is 0 Å². The molecule has 0 aliphatic carbocycles. The summed E-state index contributed by atoms with van der Waals surface area (Å²) in [6.07, 6.45) is 0.552. The Labute approximate surface area is 133 Å². The van der Waals surface area contributed by atoms with E-state index >= 15 is 0 Å². The van der Waals surface area contributed by atoms with E-state index in [2.05, 4.69) is 37.2 Å². The van der Waals surface area contributed by atoms with Gasteiger partial charge in [-0.1, -0.05) is 24.3 Å². The molecule has 0 saturated carbocycles. The summed E-state index contributed by atoms with van der Waals surface area (Å²) >= 11 is 6.52. The molecular weight excluding hydrogens is 392 g/mol. The molecule has 0 fully saturated rings. The molecule has 0 saturated heterocycles. The van der Waals surface area contributed by atoms with E-state index in [1.54, 1.807) is 19.2 Å². The van der Waals surface area contributed by atoms with Gasteiger partial charge in [0.05, 0.1) is 8.95 Å². The molecule has 20 heavy (non-hydrogen) atoms. The Morgan fingerprint density at radius 1 is 1.00 bits per heavy atom. The van der Waals surface area contributed by atoms with Crippen molar-refractivity contribution in [3.8, 4) is 0 Å². The van der Waals surface area contributed by atoms with Crippen LogP contribution in [0.5, 0.6) is 0 Å². The molecule has 1 nitrogen and oxygen atoms in total. The number of halogens is 4. The lowest BCUT2D eigenvalue weighted by molar-refractivity contribution is 0.565. The largest absolute Gasteiger partial charge is 0.313 e. The summed E-state index contributed by atoms with van der Waals surface area (Å²) < 4.78 is 28.0. The van der Waals surface area contributed by atoms with Crippen LogP contribution in [-0.4, -0.2) is 7.05 Å². The molecule has 0 aliphatic heterocycles. The molecule has 5 heteroatoms. The molecule has 0 bridgehead atoms. The number of benzene rings is 2. The fraction of sp³-hybridized carbons (Fsp3) is 0.200. The van der Waals surface area contributed by atoms with Crippen molar-refractivity contribution in [1.29, 1.82) is 0 Å². The molecule has 2 aromatic carbocycles. The summed E-state index contributed by atoms with van der Waals surface area (Å²) in [5.74, 6) is -0.600. The van der Waals surface area contributed by atoms with E-state index in [4.69, 9.17) is 0 Å². The highest BCUT2D eigenvalue weighted by Gasteiger charge is 2.17. The van der Waals surface area contributed by atoms with E-state index in [9.17, 15) is 8.78 Å². The van der Waals surface area contributed by atoms with Crippen molar-refractivity contribution < 1.29 is 8.78 Å². The van der Waals surface area contributed by atoms with Crippen LogP contribution in [-0.2, 0) is 6.42 Å². The highest BCUT2D eigenvalue weighted by molar-refractivity contribution is 9.10. The first-order valence-corrected chi connectivity index (χ1v) is 7.67. The van der Waals surface area contributed by atoms with Gasteiger partial charge in [0.2, 0.25) is 0 Å². The van der Waals surface area contributed by atoms with Crippen LogP contribution in [0.4, 0.5) is 8.78 Å². The van der Waals surface area contributed by atoms with Crippen LogP contribution < -0.4 is 5.32 Å². The zero-order valence-electron chi connectivity index (χ0n) is 10.8. The number of nitrogens with one attached hydrogen (secondary N) is 1. The van der Waals surface area contributed by atoms with E-state index in [1.165, 1.54) is 12.1 Å². The second-order valence-electron chi connectivity index (χ2n) is 4.40. The zero-order valence-corrected chi connectivity index (χ0v) is 13.9. The molecule has 1 N–H and O–H groups in total. The lowest BCUT2D eigenvalue weighted by atomic mass is 9.99. The van der Waals surface area contributed by atoms with E-state index in [-0.39, 0.29) is 17.7 Å². The average Bonchev–Trinajstić information content (AvgIpc) is 2.44. The molecule has 1 atom stereocenters. The standard InChI is InChI=1S/C15H13Br2F2N/c1-20-13(10-5-3-7-12(19)15(10)17)8-9-4-2-6-11(18)14(9)16/h2-7,13,20H,8H2,1H3. The van der Waals surface area contributed by atoms with Gasteiger partial charge in [0.15, 0.2) is 0 Å². The first kappa shape index (κ1) is 15.6. The highest BCUT2D eigenvalue weighted by Crippen LogP contribution is 2.30. The van der Waals surface area contributed by atoms with Gasteiger partial charge >= 0.3 is 0 Å². The minimum atomic E-state index is -0.305. The topological polar surface area (TPSA) is 12.0 Å². The minimum absolute atomic E-state index is 0.113. The zero-order chi connectivity index (χ0) is 14.7. The Kier molecular flexibility index (Phi) is 5.29. The van der Waals surface area contributed by atoms with Crippen molar-refractivity contribution in [1.82, 2.24) is 5.32 Å². The predicted molar refractivity (Wildman–Crippen MR) is 83.7 cm³/mol. The van der Waals surface area contributed by atoms with Gasteiger partial charge in [-0.25, -0.2) is 8.78 Å². The van der Waals surface area contributed by atoms with Crippen molar-refractivity contribution in [3.05, 3.63) is 68.1 Å². The third-order valence-corrected chi connectivity index (χ3v) is 4.89. The second kappa shape index (κ2) is 6.78. The molecule has 0 heterocycles. The molecule has 2 rings (SSSR count). The van der Waals surface area contributed by atoms with Crippen molar-refractivity contribution in [2.45, 2.75) is 12.5 Å². The lowest BCUT2D eigenvalue weighted by Crippen LogP contribution is -2.20. The maximum atomic E-state index is 13.6. The van der Waals surface area contributed by atoms with Crippen LogP contribution in [0, 0.1) is 11.6 Å². The fourth-order valence-corrected chi connectivity index (χ4v) is 3.05. The Hall–Kier alpha value is -0.780. The number of rotatable bonds is 4. The smallest absolute Gasteiger partial charge is 0.137 e. The van der Waals surface area contributed by atoms with Crippen LogP contribution in [0.15, 0.2) is 45.3 Å². The third-order valence-electron chi connectivity index (χ3n) is 3.16. The van der Waals surface area contributed by atoms with Gasteiger partial charge in [-0.05, 0) is 68.6 Å². The molecule has 1 unspecified atom stereocenters. The van der Waals surface area contributed by atoms with Gasteiger partial charge in [0.25, 0.3) is 0 Å². The number of hydrogen-bond donors (Lipinski definition) is 1. The Balaban J connectivity index is 2.34. The normalized spacial score (nSPS) is 12.4. The summed E-state index contributed by atoms with van der Waals surface area (Å²) in [5.41, 5.74) is 1.64. The molecule has 0 aliphatic rings. The van der Waals surface area contributed by atoms with E-state index in [1.807, 2.05) is 12.1 Å². The van der Waals surface area contributed by atoms with E-state index < -0.39 is 0 Å². The van der Waals surface area contributed by atoms with Crippen LogP contribution in [0.3, 0.4) is 0 Å². The third kappa shape index (κ3) is 3.27.